The van der Waals surface area contributed by atoms with Crippen molar-refractivity contribution in [2.75, 3.05) is 37.0 Å². The number of nitrogens with zero attached hydrogens (tertiary/aromatic N) is 1. The Hall–Kier alpha value is -1.60. The highest BCUT2D eigenvalue weighted by Crippen LogP contribution is 2.21. The number of nitrogens with one attached hydrogen (secondary N) is 1. The van der Waals surface area contributed by atoms with Gasteiger partial charge in [0, 0.05) is 41.9 Å². The van der Waals surface area contributed by atoms with Crippen LogP contribution in [0.15, 0.2) is 59.5 Å². The van der Waals surface area contributed by atoms with E-state index in [9.17, 15) is 9.18 Å². The second-order valence-corrected chi connectivity index (χ2v) is 7.28. The van der Waals surface area contributed by atoms with Gasteiger partial charge < -0.3 is 15.0 Å². The Balaban J connectivity index is 0.00000261. The highest BCUT2D eigenvalue weighted by atomic mass is 35.5. The number of hydrogen-bond donors (Lipinski definition) is 1. The molecule has 4 nitrogen and oxygen atoms in total. The minimum absolute atomic E-state index is 0. The first kappa shape index (κ1) is 21.7. The molecule has 2 aromatic carbocycles. The molecule has 27 heavy (non-hydrogen) atoms. The van der Waals surface area contributed by atoms with Crippen LogP contribution in [0.3, 0.4) is 0 Å². The molecule has 0 aliphatic carbocycles. The van der Waals surface area contributed by atoms with E-state index < -0.39 is 0 Å². The van der Waals surface area contributed by atoms with Crippen molar-refractivity contribution in [2.45, 2.75) is 17.4 Å². The zero-order valence-corrected chi connectivity index (χ0v) is 16.6. The summed E-state index contributed by atoms with van der Waals surface area (Å²) < 4.78 is 18.5. The number of para-hydroxylation sites is 1. The van der Waals surface area contributed by atoms with Crippen molar-refractivity contribution in [3.8, 4) is 0 Å². The Labute approximate surface area is 169 Å². The van der Waals surface area contributed by atoms with Gasteiger partial charge in [0.1, 0.15) is 5.82 Å². The first-order valence-electron chi connectivity index (χ1n) is 8.77. The van der Waals surface area contributed by atoms with Crippen LogP contribution in [-0.4, -0.2) is 44.0 Å². The monoisotopic (exact) mass is 410 g/mol. The van der Waals surface area contributed by atoms with Crippen LogP contribution in [-0.2, 0) is 9.53 Å². The van der Waals surface area contributed by atoms with Crippen molar-refractivity contribution in [2.24, 2.45) is 0 Å². The van der Waals surface area contributed by atoms with Gasteiger partial charge >= 0.3 is 0 Å². The van der Waals surface area contributed by atoms with E-state index in [1.807, 2.05) is 35.2 Å². The summed E-state index contributed by atoms with van der Waals surface area (Å²) in [7, 11) is 0. The van der Waals surface area contributed by atoms with E-state index in [2.05, 4.69) is 5.32 Å². The normalized spacial score (nSPS) is 16.4. The smallest absolute Gasteiger partial charge is 0.228 e. The van der Waals surface area contributed by atoms with Crippen molar-refractivity contribution in [1.29, 1.82) is 0 Å². The summed E-state index contributed by atoms with van der Waals surface area (Å²) in [6, 6.07) is 16.2. The Morgan fingerprint density at radius 3 is 2.59 bits per heavy atom. The third kappa shape index (κ3) is 6.81. The van der Waals surface area contributed by atoms with Gasteiger partial charge in [-0.1, -0.05) is 18.2 Å². The third-order valence-corrected chi connectivity index (χ3v) is 5.18. The predicted molar refractivity (Wildman–Crippen MR) is 110 cm³/mol. The number of carbonyl (C=O) groups is 1. The average molecular weight is 411 g/mol. The average Bonchev–Trinajstić information content (AvgIpc) is 2.68. The fourth-order valence-corrected chi connectivity index (χ4v) is 3.70. The molecule has 1 heterocycles. The van der Waals surface area contributed by atoms with E-state index in [-0.39, 0.29) is 30.2 Å². The fourth-order valence-electron chi connectivity index (χ4n) is 2.86. The van der Waals surface area contributed by atoms with E-state index >= 15 is 0 Å². The van der Waals surface area contributed by atoms with E-state index in [0.717, 1.165) is 22.9 Å². The van der Waals surface area contributed by atoms with E-state index in [1.54, 1.807) is 23.9 Å². The lowest BCUT2D eigenvalue weighted by atomic mass is 10.1. The lowest BCUT2D eigenvalue weighted by Gasteiger charge is -2.28. The molecule has 7 heteroatoms. The quantitative estimate of drug-likeness (QED) is 0.706. The number of ether oxygens (including phenoxy) is 1. The summed E-state index contributed by atoms with van der Waals surface area (Å²) in [4.78, 5) is 15.7. The molecule has 0 saturated carbocycles. The van der Waals surface area contributed by atoms with Gasteiger partial charge in [0.05, 0.1) is 13.2 Å². The van der Waals surface area contributed by atoms with Crippen molar-refractivity contribution < 1.29 is 13.9 Å². The number of hydrogen-bond acceptors (Lipinski definition) is 4. The van der Waals surface area contributed by atoms with E-state index in [1.165, 1.54) is 12.1 Å². The number of halogens is 2. The highest BCUT2D eigenvalue weighted by Gasteiger charge is 2.22. The van der Waals surface area contributed by atoms with Gasteiger partial charge in [-0.15, -0.1) is 24.2 Å². The van der Waals surface area contributed by atoms with Crippen LogP contribution in [0.2, 0.25) is 0 Å². The van der Waals surface area contributed by atoms with Crippen LogP contribution in [0.4, 0.5) is 10.1 Å². The lowest BCUT2D eigenvalue weighted by molar-refractivity contribution is -0.119. The molecule has 1 fully saturated rings. The Bertz CT molecular complexity index is 697. The minimum Gasteiger partial charge on any atom is -0.378 e. The standard InChI is InChI=1S/C20H23FN2O2S.ClH/c21-16-6-8-19(9-7-16)26-13-11-23(18-4-2-1-3-5-18)20(24)14-17-15-25-12-10-22-17;/h1-9,17,22H,10-15H2;1H. The molecular weight excluding hydrogens is 387 g/mol. The second kappa shape index (κ2) is 11.3. The molecule has 0 aromatic heterocycles. The number of amides is 1. The zero-order valence-electron chi connectivity index (χ0n) is 15.0. The maximum Gasteiger partial charge on any atom is 0.228 e. The number of anilines is 1. The number of carbonyl (C=O) groups excluding carboxylic acids is 1. The second-order valence-electron chi connectivity index (χ2n) is 6.11. The molecule has 1 unspecified atom stereocenters. The van der Waals surface area contributed by atoms with Crippen molar-refractivity contribution >= 4 is 35.8 Å². The largest absolute Gasteiger partial charge is 0.378 e. The molecule has 3 rings (SSSR count). The third-order valence-electron chi connectivity index (χ3n) is 4.19. The predicted octanol–water partition coefficient (Wildman–Crippen LogP) is 3.75. The van der Waals surface area contributed by atoms with Crippen LogP contribution in [0.5, 0.6) is 0 Å². The first-order chi connectivity index (χ1) is 12.7. The molecule has 1 aliphatic heterocycles. The molecule has 0 spiro atoms. The zero-order chi connectivity index (χ0) is 18.2. The molecule has 1 amide bonds. The van der Waals surface area contributed by atoms with Gasteiger partial charge in [0.25, 0.3) is 0 Å². The molecule has 0 radical (unpaired) electrons. The van der Waals surface area contributed by atoms with E-state index in [0.29, 0.717) is 26.2 Å². The van der Waals surface area contributed by atoms with Gasteiger partial charge in [0.15, 0.2) is 0 Å². The number of thioether (sulfide) groups is 1. The number of benzene rings is 2. The summed E-state index contributed by atoms with van der Waals surface area (Å²) in [6.45, 7) is 2.64. The van der Waals surface area contributed by atoms with Crippen molar-refractivity contribution in [3.05, 3.63) is 60.4 Å². The van der Waals surface area contributed by atoms with Gasteiger partial charge in [-0.3, -0.25) is 4.79 Å². The molecule has 1 aliphatic rings. The molecule has 0 bridgehead atoms. The van der Waals surface area contributed by atoms with Crippen molar-refractivity contribution in [3.63, 3.8) is 0 Å². The van der Waals surface area contributed by atoms with Gasteiger partial charge in [-0.05, 0) is 36.4 Å². The molecule has 1 atom stereocenters. The Morgan fingerprint density at radius 2 is 1.93 bits per heavy atom. The summed E-state index contributed by atoms with van der Waals surface area (Å²) in [6.07, 6.45) is 0.413. The summed E-state index contributed by atoms with van der Waals surface area (Å²) in [5, 5.41) is 3.33. The van der Waals surface area contributed by atoms with Crippen LogP contribution in [0.25, 0.3) is 0 Å². The first-order valence-corrected chi connectivity index (χ1v) is 9.76. The molecule has 2 aromatic rings. The maximum absolute atomic E-state index is 13.0. The van der Waals surface area contributed by atoms with Crippen LogP contribution < -0.4 is 10.2 Å². The number of morpholine rings is 1. The summed E-state index contributed by atoms with van der Waals surface area (Å²) in [5.74, 6) is 0.581. The lowest BCUT2D eigenvalue weighted by Crippen LogP contribution is -2.45. The molecule has 1 saturated heterocycles. The molecule has 1 N–H and O–H groups in total. The van der Waals surface area contributed by atoms with Crippen LogP contribution in [0.1, 0.15) is 6.42 Å². The molecule has 146 valence electrons. The van der Waals surface area contributed by atoms with Crippen LogP contribution >= 0.6 is 24.2 Å². The highest BCUT2D eigenvalue weighted by molar-refractivity contribution is 7.99. The van der Waals surface area contributed by atoms with Gasteiger partial charge in [0.2, 0.25) is 5.91 Å². The van der Waals surface area contributed by atoms with Crippen molar-refractivity contribution in [1.82, 2.24) is 5.32 Å². The maximum atomic E-state index is 13.0. The summed E-state index contributed by atoms with van der Waals surface area (Å²) in [5.41, 5.74) is 0.897. The van der Waals surface area contributed by atoms with Gasteiger partial charge in [-0.25, -0.2) is 4.39 Å². The number of rotatable bonds is 7. The van der Waals surface area contributed by atoms with Crippen LogP contribution in [0, 0.1) is 5.82 Å². The minimum atomic E-state index is -0.238. The fraction of sp³-hybridized carbons (Fsp3) is 0.350. The Kier molecular flexibility index (Phi) is 9.07. The molecular formula is C20H24ClFN2O2S. The topological polar surface area (TPSA) is 41.6 Å². The summed E-state index contributed by atoms with van der Waals surface area (Å²) >= 11 is 1.61. The SMILES string of the molecule is Cl.O=C(CC1COCCN1)N(CCSc1ccc(F)cc1)c1ccccc1. The van der Waals surface area contributed by atoms with Gasteiger partial charge in [-0.2, -0.15) is 0 Å². The Morgan fingerprint density at radius 1 is 1.19 bits per heavy atom. The van der Waals surface area contributed by atoms with E-state index in [4.69, 9.17) is 4.74 Å².